The van der Waals surface area contributed by atoms with Crippen LogP contribution in [0.25, 0.3) is 11.1 Å². The second-order valence-electron chi connectivity index (χ2n) is 9.86. The number of rotatable bonds is 10. The highest BCUT2D eigenvalue weighted by Gasteiger charge is 2.36. The molecule has 1 heterocycles. The van der Waals surface area contributed by atoms with Crippen molar-refractivity contribution in [3.63, 3.8) is 0 Å². The number of aliphatic hydroxyl groups excluding tert-OH is 1. The van der Waals surface area contributed by atoms with Crippen LogP contribution in [0, 0.1) is 17.0 Å². The Morgan fingerprint density at radius 1 is 1.11 bits per heavy atom. The Labute approximate surface area is 206 Å². The third kappa shape index (κ3) is 6.55. The second-order valence-corrected chi connectivity index (χ2v) is 9.86. The molecule has 0 radical (unpaired) electrons. The number of carbonyl (C=O) groups excluding carboxylic acids is 1. The van der Waals surface area contributed by atoms with Crippen LogP contribution in [0.3, 0.4) is 0 Å². The first kappa shape index (κ1) is 26.6. The third-order valence-corrected chi connectivity index (χ3v) is 6.06. The average Bonchev–Trinajstić information content (AvgIpc) is 3.22. The number of benzene rings is 2. The van der Waals surface area contributed by atoms with Crippen molar-refractivity contribution in [1.82, 2.24) is 14.8 Å². The van der Waals surface area contributed by atoms with Gasteiger partial charge in [-0.3, -0.25) is 4.79 Å². The minimum atomic E-state index is -0.600. The highest BCUT2D eigenvalue weighted by Crippen LogP contribution is 2.41. The van der Waals surface area contributed by atoms with Crippen LogP contribution >= 0.6 is 0 Å². The molecule has 0 aliphatic carbocycles. The molecule has 7 heteroatoms. The number of hydrogen-bond acceptors (Lipinski definition) is 3. The maximum absolute atomic E-state index is 14.7. The summed E-state index contributed by atoms with van der Waals surface area (Å²) in [4.78, 5) is 14.7. The van der Waals surface area contributed by atoms with Gasteiger partial charge in [-0.05, 0) is 55.3 Å². The smallest absolute Gasteiger partial charge is 0.248 e. The Morgan fingerprint density at radius 2 is 1.83 bits per heavy atom. The maximum atomic E-state index is 14.7. The predicted octanol–water partition coefficient (Wildman–Crippen LogP) is 5.00. The molecule has 1 atom stereocenters. The van der Waals surface area contributed by atoms with E-state index < -0.39 is 29.7 Å². The summed E-state index contributed by atoms with van der Waals surface area (Å²) in [5.74, 6) is -1.40. The first-order valence-corrected chi connectivity index (χ1v) is 11.9. The van der Waals surface area contributed by atoms with Gasteiger partial charge in [-0.25, -0.2) is 8.78 Å². The van der Waals surface area contributed by atoms with Crippen LogP contribution in [-0.4, -0.2) is 47.2 Å². The first-order valence-electron chi connectivity index (χ1n) is 11.9. The van der Waals surface area contributed by atoms with Crippen molar-refractivity contribution in [2.75, 3.05) is 26.7 Å². The lowest BCUT2D eigenvalue weighted by atomic mass is 9.83. The highest BCUT2D eigenvalue weighted by molar-refractivity contribution is 5.78. The number of carbonyl (C=O) groups is 1. The van der Waals surface area contributed by atoms with Gasteiger partial charge in [0.2, 0.25) is 5.91 Å². The number of aromatic nitrogens is 1. The predicted molar refractivity (Wildman–Crippen MR) is 135 cm³/mol. The van der Waals surface area contributed by atoms with Crippen molar-refractivity contribution in [2.45, 2.75) is 39.8 Å². The summed E-state index contributed by atoms with van der Waals surface area (Å²) < 4.78 is 30.8. The molecule has 0 saturated heterocycles. The van der Waals surface area contributed by atoms with Crippen molar-refractivity contribution < 1.29 is 18.7 Å². The number of nitrogens with one attached hydrogen (secondary N) is 1. The minimum Gasteiger partial charge on any atom is -0.387 e. The molecule has 188 valence electrons. The van der Waals surface area contributed by atoms with Crippen LogP contribution in [0.5, 0.6) is 0 Å². The molecule has 0 spiro atoms. The number of amides is 1. The van der Waals surface area contributed by atoms with Crippen molar-refractivity contribution in [2.24, 2.45) is 5.41 Å². The Hall–Kier alpha value is -3.03. The van der Waals surface area contributed by atoms with E-state index in [-0.39, 0.29) is 11.5 Å². The molecule has 35 heavy (non-hydrogen) atoms. The molecule has 0 saturated carbocycles. The van der Waals surface area contributed by atoms with E-state index in [0.29, 0.717) is 25.1 Å². The van der Waals surface area contributed by atoms with E-state index >= 15 is 0 Å². The maximum Gasteiger partial charge on any atom is 0.248 e. The zero-order valence-corrected chi connectivity index (χ0v) is 20.9. The monoisotopic (exact) mass is 483 g/mol. The molecule has 0 unspecified atom stereocenters. The van der Waals surface area contributed by atoms with Gasteiger partial charge >= 0.3 is 0 Å². The molecule has 2 N–H and O–H groups in total. The normalized spacial score (nSPS) is 12.5. The quantitative estimate of drug-likeness (QED) is 0.399. The fourth-order valence-electron chi connectivity index (χ4n) is 4.53. The molecule has 3 aromatic rings. The van der Waals surface area contributed by atoms with Crippen molar-refractivity contribution in [3.8, 4) is 11.1 Å². The highest BCUT2D eigenvalue weighted by atomic mass is 19.1. The van der Waals surface area contributed by atoms with Crippen LogP contribution in [0.2, 0.25) is 0 Å². The van der Waals surface area contributed by atoms with Gasteiger partial charge < -0.3 is 19.9 Å². The summed E-state index contributed by atoms with van der Waals surface area (Å²) in [6, 6.07) is 14.7. The molecule has 2 aromatic carbocycles. The molecule has 1 amide bonds. The molecule has 0 aliphatic heterocycles. The average molecular weight is 484 g/mol. The van der Waals surface area contributed by atoms with Gasteiger partial charge in [-0.15, -0.1) is 0 Å². The Balaban J connectivity index is 2.18. The van der Waals surface area contributed by atoms with Gasteiger partial charge in [0.1, 0.15) is 18.2 Å². The third-order valence-electron chi connectivity index (χ3n) is 6.06. The van der Waals surface area contributed by atoms with Crippen molar-refractivity contribution >= 4 is 5.91 Å². The van der Waals surface area contributed by atoms with E-state index in [1.54, 1.807) is 4.90 Å². The number of aliphatic hydroxyl groups is 1. The molecule has 0 aliphatic rings. The van der Waals surface area contributed by atoms with Crippen LogP contribution < -0.4 is 5.32 Å². The second kappa shape index (κ2) is 11.6. The fraction of sp³-hybridized carbons (Fsp3) is 0.393. The standard InChI is InChI=1S/C28H35F2N3O2/c1-28(2,3)27(33(26(35)19-34)14-8-13-31-4)25-15-21(23-16-22(29)11-12-24(23)30)18-32(25)17-20-9-6-5-7-10-20/h5-7,9-12,15-16,18,27,31,34H,8,13-14,17,19H2,1-4H3/t27-/m0/s1. The zero-order valence-electron chi connectivity index (χ0n) is 20.9. The topological polar surface area (TPSA) is 57.5 Å². The van der Waals surface area contributed by atoms with Crippen molar-refractivity contribution in [3.05, 3.63) is 83.7 Å². The van der Waals surface area contributed by atoms with Gasteiger partial charge in [0.15, 0.2) is 0 Å². The van der Waals surface area contributed by atoms with E-state index in [0.717, 1.165) is 29.9 Å². The molecule has 3 rings (SSSR count). The number of nitrogens with zero attached hydrogens (tertiary/aromatic N) is 2. The van der Waals surface area contributed by atoms with Crippen LogP contribution in [0.4, 0.5) is 8.78 Å². The summed E-state index contributed by atoms with van der Waals surface area (Å²) in [5, 5.41) is 12.9. The van der Waals surface area contributed by atoms with Crippen LogP contribution in [-0.2, 0) is 11.3 Å². The molecule has 5 nitrogen and oxygen atoms in total. The fourth-order valence-corrected chi connectivity index (χ4v) is 4.53. The van der Waals surface area contributed by atoms with E-state index in [1.807, 2.05) is 75.0 Å². The summed E-state index contributed by atoms with van der Waals surface area (Å²) in [7, 11) is 1.85. The van der Waals surface area contributed by atoms with Crippen LogP contribution in [0.1, 0.15) is 44.5 Å². The minimum absolute atomic E-state index is 0.168. The lowest BCUT2D eigenvalue weighted by Crippen LogP contribution is -2.44. The lowest BCUT2D eigenvalue weighted by molar-refractivity contribution is -0.139. The van der Waals surface area contributed by atoms with Crippen LogP contribution in [0.15, 0.2) is 60.8 Å². The van der Waals surface area contributed by atoms with E-state index in [2.05, 4.69) is 5.32 Å². The molecular formula is C28H35F2N3O2. The SMILES string of the molecule is CNCCCN(C(=O)CO)[C@@H](c1cc(-c2cc(F)ccc2F)cn1Cc1ccccc1)C(C)(C)C. The van der Waals surface area contributed by atoms with Gasteiger partial charge in [0.25, 0.3) is 0 Å². The lowest BCUT2D eigenvalue weighted by Gasteiger charge is -2.41. The summed E-state index contributed by atoms with van der Waals surface area (Å²) >= 11 is 0. The van der Waals surface area contributed by atoms with E-state index in [1.165, 1.54) is 6.07 Å². The Kier molecular flexibility index (Phi) is 8.81. The van der Waals surface area contributed by atoms with Gasteiger partial charge in [-0.1, -0.05) is 51.1 Å². The number of halogens is 2. The van der Waals surface area contributed by atoms with Gasteiger partial charge in [-0.2, -0.15) is 0 Å². The van der Waals surface area contributed by atoms with Crippen molar-refractivity contribution in [1.29, 1.82) is 0 Å². The van der Waals surface area contributed by atoms with E-state index in [9.17, 15) is 18.7 Å². The largest absolute Gasteiger partial charge is 0.387 e. The summed E-state index contributed by atoms with van der Waals surface area (Å²) in [6.07, 6.45) is 2.52. The molecular weight excluding hydrogens is 448 g/mol. The first-order chi connectivity index (χ1) is 16.7. The summed E-state index contributed by atoms with van der Waals surface area (Å²) in [5.41, 5.74) is 2.13. The van der Waals surface area contributed by atoms with Gasteiger partial charge in [0, 0.05) is 36.1 Å². The Bertz CT molecular complexity index is 1120. The van der Waals surface area contributed by atoms with Gasteiger partial charge in [0.05, 0.1) is 6.04 Å². The van der Waals surface area contributed by atoms with E-state index in [4.69, 9.17) is 0 Å². The molecule has 1 aromatic heterocycles. The molecule has 0 fully saturated rings. The summed E-state index contributed by atoms with van der Waals surface area (Å²) in [6.45, 7) is 7.18. The Morgan fingerprint density at radius 3 is 2.46 bits per heavy atom. The number of hydrogen-bond donors (Lipinski definition) is 2. The zero-order chi connectivity index (χ0) is 25.6. The molecule has 0 bridgehead atoms.